The molecule has 138 valence electrons. The monoisotopic (exact) mass is 352 g/mol. The predicted molar refractivity (Wildman–Crippen MR) is 91.4 cm³/mol. The van der Waals surface area contributed by atoms with E-state index in [1.54, 1.807) is 0 Å². The summed E-state index contributed by atoms with van der Waals surface area (Å²) < 4.78 is 28.2. The topological polar surface area (TPSA) is 43.8 Å². The van der Waals surface area contributed by atoms with Gasteiger partial charge in [0.2, 0.25) is 0 Å². The molecule has 2 heterocycles. The zero-order valence-corrected chi connectivity index (χ0v) is 14.7. The number of carbonyl (C=O) groups is 1. The standard InChI is InChI=1S/C19H26F2N2O2/c1-14-4-5-15(20)16(17(14)21)18(25)23-10-6-19(13-24,7-11-23)12-22-8-2-3-9-22/h4-5,24H,2-3,6-13H2,1H3. The average Bonchev–Trinajstić information content (AvgIpc) is 3.12. The maximum absolute atomic E-state index is 14.2. The molecule has 0 spiro atoms. The first-order chi connectivity index (χ1) is 12.0. The van der Waals surface area contributed by atoms with Crippen LogP contribution in [0.2, 0.25) is 0 Å². The van der Waals surface area contributed by atoms with Crippen LogP contribution in [0.4, 0.5) is 8.78 Å². The average molecular weight is 352 g/mol. The number of aliphatic hydroxyl groups excluding tert-OH is 1. The molecule has 0 atom stereocenters. The molecule has 0 saturated carbocycles. The first-order valence-electron chi connectivity index (χ1n) is 9.03. The third-order valence-electron chi connectivity index (χ3n) is 5.70. The Kier molecular flexibility index (Phi) is 5.39. The Balaban J connectivity index is 1.69. The second-order valence-corrected chi connectivity index (χ2v) is 7.49. The molecule has 1 amide bonds. The predicted octanol–water partition coefficient (Wildman–Crippen LogP) is 2.58. The summed E-state index contributed by atoms with van der Waals surface area (Å²) in [5.41, 5.74) is -0.415. The molecule has 6 heteroatoms. The van der Waals surface area contributed by atoms with Crippen molar-refractivity contribution in [3.05, 3.63) is 34.9 Å². The Hall–Kier alpha value is -1.53. The van der Waals surface area contributed by atoms with Crippen molar-refractivity contribution in [3.63, 3.8) is 0 Å². The first-order valence-corrected chi connectivity index (χ1v) is 9.03. The quantitative estimate of drug-likeness (QED) is 0.906. The van der Waals surface area contributed by atoms with Gasteiger partial charge in [-0.05, 0) is 57.3 Å². The molecule has 3 rings (SSSR count). The summed E-state index contributed by atoms with van der Waals surface area (Å²) in [7, 11) is 0. The highest BCUT2D eigenvalue weighted by Gasteiger charge is 2.38. The maximum Gasteiger partial charge on any atom is 0.259 e. The second kappa shape index (κ2) is 7.38. The summed E-state index contributed by atoms with van der Waals surface area (Å²) in [6.45, 7) is 5.39. The SMILES string of the molecule is Cc1ccc(F)c(C(=O)N2CCC(CO)(CN3CCCC3)CC2)c1F. The number of piperidine rings is 1. The molecular formula is C19H26F2N2O2. The fourth-order valence-corrected chi connectivity index (χ4v) is 3.98. The molecule has 4 nitrogen and oxygen atoms in total. The second-order valence-electron chi connectivity index (χ2n) is 7.49. The third kappa shape index (κ3) is 3.70. The van der Waals surface area contributed by atoms with E-state index in [4.69, 9.17) is 0 Å². The Morgan fingerprint density at radius 2 is 1.80 bits per heavy atom. The molecule has 1 aromatic carbocycles. The van der Waals surface area contributed by atoms with Crippen molar-refractivity contribution in [2.75, 3.05) is 39.3 Å². The third-order valence-corrected chi connectivity index (χ3v) is 5.70. The van der Waals surface area contributed by atoms with Gasteiger partial charge in [0.15, 0.2) is 0 Å². The fraction of sp³-hybridized carbons (Fsp3) is 0.632. The fourth-order valence-electron chi connectivity index (χ4n) is 3.98. The number of halogens is 2. The van der Waals surface area contributed by atoms with Crippen LogP contribution < -0.4 is 0 Å². The van der Waals surface area contributed by atoms with Gasteiger partial charge in [-0.1, -0.05) is 6.07 Å². The van der Waals surface area contributed by atoms with E-state index in [9.17, 15) is 18.7 Å². The normalized spacial score (nSPS) is 20.9. The zero-order chi connectivity index (χ0) is 18.0. The van der Waals surface area contributed by atoms with Gasteiger partial charge in [-0.2, -0.15) is 0 Å². The maximum atomic E-state index is 14.2. The largest absolute Gasteiger partial charge is 0.396 e. The highest BCUT2D eigenvalue weighted by Crippen LogP contribution is 2.34. The van der Waals surface area contributed by atoms with Gasteiger partial charge in [-0.25, -0.2) is 8.78 Å². The van der Waals surface area contributed by atoms with Crippen LogP contribution in [0.1, 0.15) is 41.6 Å². The molecule has 0 aliphatic carbocycles. The first kappa shape index (κ1) is 18.3. The number of benzene rings is 1. The molecule has 0 unspecified atom stereocenters. The van der Waals surface area contributed by atoms with E-state index >= 15 is 0 Å². The van der Waals surface area contributed by atoms with Gasteiger partial charge in [-0.3, -0.25) is 4.79 Å². The minimum absolute atomic E-state index is 0.0820. The van der Waals surface area contributed by atoms with Gasteiger partial charge >= 0.3 is 0 Å². The number of hydrogen-bond donors (Lipinski definition) is 1. The molecule has 2 aliphatic heterocycles. The minimum atomic E-state index is -0.816. The molecular weight excluding hydrogens is 326 g/mol. The number of aryl methyl sites for hydroxylation is 1. The molecule has 2 aliphatic rings. The van der Waals surface area contributed by atoms with Crippen molar-refractivity contribution in [3.8, 4) is 0 Å². The van der Waals surface area contributed by atoms with Crippen molar-refractivity contribution in [1.29, 1.82) is 0 Å². The van der Waals surface area contributed by atoms with Crippen molar-refractivity contribution < 1.29 is 18.7 Å². The Labute approximate surface area is 147 Å². The summed E-state index contributed by atoms with van der Waals surface area (Å²) in [5.74, 6) is -2.18. The van der Waals surface area contributed by atoms with E-state index < -0.39 is 23.1 Å². The summed E-state index contributed by atoms with van der Waals surface area (Å²) in [5, 5.41) is 9.92. The summed E-state index contributed by atoms with van der Waals surface area (Å²) >= 11 is 0. The van der Waals surface area contributed by atoms with Crippen LogP contribution in [0.5, 0.6) is 0 Å². The summed E-state index contributed by atoms with van der Waals surface area (Å²) in [6, 6.07) is 2.48. The Morgan fingerprint density at radius 3 is 2.40 bits per heavy atom. The van der Waals surface area contributed by atoms with Gasteiger partial charge in [-0.15, -0.1) is 0 Å². The molecule has 0 radical (unpaired) electrons. The van der Waals surface area contributed by atoms with E-state index in [-0.39, 0.29) is 17.6 Å². The van der Waals surface area contributed by atoms with Gasteiger partial charge in [0.25, 0.3) is 5.91 Å². The lowest BCUT2D eigenvalue weighted by Gasteiger charge is -2.42. The minimum Gasteiger partial charge on any atom is -0.396 e. The number of amides is 1. The lowest BCUT2D eigenvalue weighted by molar-refractivity contribution is 0.0175. The van der Waals surface area contributed by atoms with E-state index in [0.717, 1.165) is 25.7 Å². The lowest BCUT2D eigenvalue weighted by Crippen LogP contribution is -2.49. The lowest BCUT2D eigenvalue weighted by atomic mass is 9.78. The van der Waals surface area contributed by atoms with Gasteiger partial charge in [0.05, 0.1) is 6.61 Å². The van der Waals surface area contributed by atoms with Crippen molar-refractivity contribution in [1.82, 2.24) is 9.80 Å². The Morgan fingerprint density at radius 1 is 1.16 bits per heavy atom. The molecule has 0 aromatic heterocycles. The van der Waals surface area contributed by atoms with Crippen LogP contribution in [0.15, 0.2) is 12.1 Å². The number of hydrogen-bond acceptors (Lipinski definition) is 3. The van der Waals surface area contributed by atoms with Gasteiger partial charge in [0, 0.05) is 25.0 Å². The van der Waals surface area contributed by atoms with E-state index in [2.05, 4.69) is 4.90 Å². The highest BCUT2D eigenvalue weighted by atomic mass is 19.1. The van der Waals surface area contributed by atoms with Crippen LogP contribution in [-0.4, -0.2) is 60.1 Å². The van der Waals surface area contributed by atoms with E-state index in [1.165, 1.54) is 30.7 Å². The zero-order valence-electron chi connectivity index (χ0n) is 14.7. The molecule has 2 fully saturated rings. The number of nitrogens with zero attached hydrogens (tertiary/aromatic N) is 2. The van der Waals surface area contributed by atoms with Crippen LogP contribution in [0.3, 0.4) is 0 Å². The van der Waals surface area contributed by atoms with Crippen molar-refractivity contribution in [2.45, 2.75) is 32.6 Å². The van der Waals surface area contributed by atoms with Crippen LogP contribution in [0.25, 0.3) is 0 Å². The molecule has 1 aromatic rings. The van der Waals surface area contributed by atoms with Crippen LogP contribution in [-0.2, 0) is 0 Å². The molecule has 2 saturated heterocycles. The number of rotatable bonds is 4. The van der Waals surface area contributed by atoms with Crippen LogP contribution in [0, 0.1) is 24.0 Å². The van der Waals surface area contributed by atoms with E-state index in [0.29, 0.717) is 25.9 Å². The number of carbonyl (C=O) groups excluding carboxylic acids is 1. The molecule has 1 N–H and O–H groups in total. The van der Waals surface area contributed by atoms with Crippen LogP contribution >= 0.6 is 0 Å². The molecule has 0 bridgehead atoms. The number of aliphatic hydroxyl groups is 1. The van der Waals surface area contributed by atoms with E-state index in [1.807, 2.05) is 0 Å². The summed E-state index contributed by atoms with van der Waals surface area (Å²) in [6.07, 6.45) is 3.69. The molecule has 25 heavy (non-hydrogen) atoms. The van der Waals surface area contributed by atoms with Gasteiger partial charge < -0.3 is 14.9 Å². The van der Waals surface area contributed by atoms with Crippen molar-refractivity contribution >= 4 is 5.91 Å². The highest BCUT2D eigenvalue weighted by molar-refractivity contribution is 5.95. The smallest absolute Gasteiger partial charge is 0.259 e. The number of likely N-dealkylation sites (tertiary alicyclic amines) is 2. The summed E-state index contributed by atoms with van der Waals surface area (Å²) in [4.78, 5) is 16.5. The Bertz CT molecular complexity index is 637. The van der Waals surface area contributed by atoms with Crippen molar-refractivity contribution in [2.24, 2.45) is 5.41 Å². The van der Waals surface area contributed by atoms with Gasteiger partial charge in [0.1, 0.15) is 17.2 Å².